The van der Waals surface area contributed by atoms with Crippen molar-refractivity contribution in [1.29, 1.82) is 0 Å². The molecule has 0 saturated heterocycles. The first-order valence-corrected chi connectivity index (χ1v) is 11.1. The lowest BCUT2D eigenvalue weighted by atomic mass is 10.1. The number of nitrogens with one attached hydrogen (secondary N) is 1. The number of nitrogens with zero attached hydrogens (tertiary/aromatic N) is 2. The first-order valence-electron chi connectivity index (χ1n) is 9.26. The van der Waals surface area contributed by atoms with Gasteiger partial charge in [0.05, 0.1) is 22.9 Å². The average Bonchev–Trinajstić information content (AvgIpc) is 3.15. The van der Waals surface area contributed by atoms with Crippen molar-refractivity contribution >= 4 is 27.6 Å². The zero-order valence-electron chi connectivity index (χ0n) is 16.2. The lowest BCUT2D eigenvalue weighted by molar-refractivity contribution is -0.111. The van der Waals surface area contributed by atoms with Crippen molar-refractivity contribution < 1.29 is 13.2 Å². The van der Waals surface area contributed by atoms with Crippen molar-refractivity contribution in [2.24, 2.45) is 0 Å². The molecule has 2 aromatic carbocycles. The fourth-order valence-corrected chi connectivity index (χ4v) is 4.90. The van der Waals surface area contributed by atoms with Gasteiger partial charge in [0.1, 0.15) is 5.82 Å². The predicted molar refractivity (Wildman–Crippen MR) is 113 cm³/mol. The van der Waals surface area contributed by atoms with Crippen LogP contribution >= 0.6 is 0 Å². The second kappa shape index (κ2) is 7.33. The third-order valence-electron chi connectivity index (χ3n) is 5.06. The van der Waals surface area contributed by atoms with Gasteiger partial charge in [-0.2, -0.15) is 5.10 Å². The normalized spacial score (nSPS) is 14.8. The van der Waals surface area contributed by atoms with E-state index in [1.165, 1.54) is 6.08 Å². The molecule has 0 unspecified atom stereocenters. The Hall–Kier alpha value is -3.19. The molecule has 0 fully saturated rings. The van der Waals surface area contributed by atoms with Gasteiger partial charge in [-0.15, -0.1) is 0 Å². The molecule has 1 aliphatic rings. The summed E-state index contributed by atoms with van der Waals surface area (Å²) in [6, 6.07) is 15.3. The number of amides is 1. The quantitative estimate of drug-likeness (QED) is 0.671. The van der Waals surface area contributed by atoms with Crippen LogP contribution in [0.5, 0.6) is 0 Å². The van der Waals surface area contributed by atoms with Crippen molar-refractivity contribution in [3.8, 4) is 5.69 Å². The molecule has 7 heteroatoms. The molecule has 3 aromatic rings. The van der Waals surface area contributed by atoms with E-state index < -0.39 is 9.84 Å². The molecule has 0 saturated carbocycles. The maximum Gasteiger partial charge on any atom is 0.249 e. The number of carbonyl (C=O) groups excluding carboxylic acids is 1. The topological polar surface area (TPSA) is 81.1 Å². The summed E-state index contributed by atoms with van der Waals surface area (Å²) in [5.41, 5.74) is 4.89. The van der Waals surface area contributed by atoms with Crippen LogP contribution in [0.15, 0.2) is 54.6 Å². The van der Waals surface area contributed by atoms with Gasteiger partial charge in [-0.25, -0.2) is 13.1 Å². The highest BCUT2D eigenvalue weighted by Gasteiger charge is 2.33. The smallest absolute Gasteiger partial charge is 0.249 e. The second-order valence-electron chi connectivity index (χ2n) is 7.17. The number of rotatable bonds is 4. The van der Waals surface area contributed by atoms with Gasteiger partial charge in [-0.1, -0.05) is 42.5 Å². The first kappa shape index (κ1) is 19.1. The van der Waals surface area contributed by atoms with E-state index in [2.05, 4.69) is 10.4 Å². The minimum atomic E-state index is -3.24. The number of fused-ring (bicyclic) bond motifs is 1. The first-order chi connectivity index (χ1) is 13.8. The fourth-order valence-electron chi connectivity index (χ4n) is 3.40. The van der Waals surface area contributed by atoms with Crippen LogP contribution in [0.4, 0.5) is 5.82 Å². The van der Waals surface area contributed by atoms with Crippen LogP contribution in [-0.4, -0.2) is 24.1 Å². The Morgan fingerprint density at radius 2 is 1.83 bits per heavy atom. The number of aromatic nitrogens is 2. The van der Waals surface area contributed by atoms with Gasteiger partial charge in [0.2, 0.25) is 5.91 Å². The van der Waals surface area contributed by atoms with Gasteiger partial charge < -0.3 is 5.32 Å². The number of carbonyl (C=O) groups is 1. The summed E-state index contributed by atoms with van der Waals surface area (Å²) < 4.78 is 25.8. The average molecular weight is 407 g/mol. The Balaban J connectivity index is 1.72. The number of anilines is 1. The summed E-state index contributed by atoms with van der Waals surface area (Å²) in [6.45, 7) is 3.98. The molecule has 1 N–H and O–H groups in total. The van der Waals surface area contributed by atoms with E-state index in [9.17, 15) is 13.2 Å². The van der Waals surface area contributed by atoms with Gasteiger partial charge >= 0.3 is 0 Å². The third kappa shape index (κ3) is 3.86. The van der Waals surface area contributed by atoms with E-state index in [4.69, 9.17) is 0 Å². The highest BCUT2D eigenvalue weighted by atomic mass is 32.2. The Kier molecular flexibility index (Phi) is 4.84. The van der Waals surface area contributed by atoms with Crippen LogP contribution in [0.25, 0.3) is 11.8 Å². The molecular formula is C22H21N3O3S. The SMILES string of the molecule is Cc1cccc(-n2nc3c(c2NC(=O)C=Cc2ccccc2)CS(=O)(=O)C3)c1C. The maximum absolute atomic E-state index is 12.6. The summed E-state index contributed by atoms with van der Waals surface area (Å²) in [7, 11) is -3.24. The lowest BCUT2D eigenvalue weighted by Crippen LogP contribution is -2.15. The van der Waals surface area contributed by atoms with Crippen molar-refractivity contribution in [1.82, 2.24) is 9.78 Å². The number of hydrogen-bond acceptors (Lipinski definition) is 4. The van der Waals surface area contributed by atoms with Crippen LogP contribution in [-0.2, 0) is 26.1 Å². The van der Waals surface area contributed by atoms with Gasteiger partial charge in [-0.3, -0.25) is 4.79 Å². The van der Waals surface area contributed by atoms with Gasteiger partial charge in [0, 0.05) is 11.6 Å². The molecule has 2 heterocycles. The number of benzene rings is 2. The molecule has 148 valence electrons. The van der Waals surface area contributed by atoms with Crippen LogP contribution in [0.2, 0.25) is 0 Å². The van der Waals surface area contributed by atoms with Crippen LogP contribution in [0.1, 0.15) is 27.9 Å². The highest BCUT2D eigenvalue weighted by molar-refractivity contribution is 7.90. The van der Waals surface area contributed by atoms with E-state index in [-0.39, 0.29) is 17.4 Å². The Labute approximate surface area is 169 Å². The van der Waals surface area contributed by atoms with Crippen LogP contribution in [0, 0.1) is 13.8 Å². The minimum Gasteiger partial charge on any atom is -0.307 e. The van der Waals surface area contributed by atoms with Crippen molar-refractivity contribution in [3.05, 3.63) is 82.6 Å². The Morgan fingerprint density at radius 3 is 2.59 bits per heavy atom. The molecule has 0 bridgehead atoms. The highest BCUT2D eigenvalue weighted by Crippen LogP contribution is 2.34. The molecule has 1 aliphatic heterocycles. The predicted octanol–water partition coefficient (Wildman–Crippen LogP) is 3.57. The Morgan fingerprint density at radius 1 is 1.07 bits per heavy atom. The molecule has 29 heavy (non-hydrogen) atoms. The van der Waals surface area contributed by atoms with Crippen molar-refractivity contribution in [3.63, 3.8) is 0 Å². The summed E-state index contributed by atoms with van der Waals surface area (Å²) in [5.74, 6) is -0.154. The van der Waals surface area contributed by atoms with E-state index >= 15 is 0 Å². The van der Waals surface area contributed by atoms with Crippen LogP contribution < -0.4 is 5.32 Å². The van der Waals surface area contributed by atoms with E-state index in [1.807, 2.05) is 62.4 Å². The summed E-state index contributed by atoms with van der Waals surface area (Å²) in [4.78, 5) is 12.6. The molecule has 0 aliphatic carbocycles. The molecule has 1 amide bonds. The summed E-state index contributed by atoms with van der Waals surface area (Å²) >= 11 is 0. The molecule has 0 spiro atoms. The van der Waals surface area contributed by atoms with Crippen molar-refractivity contribution in [2.75, 3.05) is 5.32 Å². The molecular weight excluding hydrogens is 386 g/mol. The number of sulfone groups is 1. The fraction of sp³-hybridized carbons (Fsp3) is 0.182. The third-order valence-corrected chi connectivity index (χ3v) is 6.50. The largest absolute Gasteiger partial charge is 0.307 e. The number of aryl methyl sites for hydroxylation is 1. The molecule has 6 nitrogen and oxygen atoms in total. The van der Waals surface area contributed by atoms with Gasteiger partial charge in [0.15, 0.2) is 9.84 Å². The Bertz CT molecular complexity index is 1230. The van der Waals surface area contributed by atoms with Crippen molar-refractivity contribution in [2.45, 2.75) is 25.4 Å². The van der Waals surface area contributed by atoms with E-state index in [1.54, 1.807) is 10.8 Å². The van der Waals surface area contributed by atoms with E-state index in [0.717, 1.165) is 22.4 Å². The molecule has 1 aromatic heterocycles. The standard InChI is InChI=1S/C22H21N3O3S/c1-15-7-6-10-20(16(15)2)25-22(18-13-29(27,28)14-19(18)24-25)23-21(26)12-11-17-8-4-3-5-9-17/h3-12H,13-14H2,1-2H3,(H,23,26). The summed E-state index contributed by atoms with van der Waals surface area (Å²) in [5, 5.41) is 7.38. The number of hydrogen-bond donors (Lipinski definition) is 1. The molecule has 4 rings (SSSR count). The monoisotopic (exact) mass is 407 g/mol. The molecule has 0 atom stereocenters. The molecule has 0 radical (unpaired) electrons. The maximum atomic E-state index is 12.6. The van der Waals surface area contributed by atoms with Gasteiger partial charge in [0.25, 0.3) is 0 Å². The zero-order chi connectivity index (χ0) is 20.6. The lowest BCUT2D eigenvalue weighted by Gasteiger charge is -2.13. The summed E-state index contributed by atoms with van der Waals surface area (Å²) in [6.07, 6.45) is 3.15. The second-order valence-corrected chi connectivity index (χ2v) is 9.23. The minimum absolute atomic E-state index is 0.108. The van der Waals surface area contributed by atoms with E-state index in [0.29, 0.717) is 17.1 Å². The van der Waals surface area contributed by atoms with Crippen LogP contribution in [0.3, 0.4) is 0 Å². The van der Waals surface area contributed by atoms with Gasteiger partial charge in [-0.05, 0) is 42.7 Å². The zero-order valence-corrected chi connectivity index (χ0v) is 17.0.